The van der Waals surface area contributed by atoms with Crippen LogP contribution in [0.25, 0.3) is 21.0 Å². The summed E-state index contributed by atoms with van der Waals surface area (Å²) in [5.74, 6) is 1.01. The van der Waals surface area contributed by atoms with E-state index in [1.807, 2.05) is 53.9 Å². The Morgan fingerprint density at radius 1 is 1.06 bits per heavy atom. The van der Waals surface area contributed by atoms with Crippen molar-refractivity contribution >= 4 is 55.6 Å². The number of anilines is 2. The minimum Gasteiger partial charge on any atom is -0.371 e. The zero-order valence-electron chi connectivity index (χ0n) is 19.3. The lowest BCUT2D eigenvalue weighted by atomic mass is 10.1. The first-order valence-electron chi connectivity index (χ1n) is 11.1. The minimum atomic E-state index is -0.169. The van der Waals surface area contributed by atoms with Crippen LogP contribution < -0.4 is 16.0 Å². The summed E-state index contributed by atoms with van der Waals surface area (Å²) in [5, 5.41) is 20.3. The van der Waals surface area contributed by atoms with Crippen molar-refractivity contribution in [1.29, 1.82) is 5.53 Å². The molecule has 0 aliphatic carbocycles. The Labute approximate surface area is 210 Å². The largest absolute Gasteiger partial charge is 0.371 e. The maximum absolute atomic E-state index is 12.7. The molecule has 5 rings (SSSR count). The SMILES string of the molecule is CN/C(=N\N=N)c1ccc2c(c1)nc(Nc1cccc(C(=O)NCc3cccnc3)c1)c1ccsc12. The van der Waals surface area contributed by atoms with Crippen molar-refractivity contribution in [2.45, 2.75) is 6.54 Å². The van der Waals surface area contributed by atoms with Gasteiger partial charge in [-0.25, -0.2) is 4.98 Å². The van der Waals surface area contributed by atoms with Gasteiger partial charge in [0.25, 0.3) is 5.91 Å². The van der Waals surface area contributed by atoms with Crippen molar-refractivity contribution in [2.75, 3.05) is 12.4 Å². The van der Waals surface area contributed by atoms with Gasteiger partial charge in [0.15, 0.2) is 5.84 Å². The van der Waals surface area contributed by atoms with Gasteiger partial charge in [0.1, 0.15) is 5.82 Å². The van der Waals surface area contributed by atoms with Crippen LogP contribution in [0.4, 0.5) is 11.5 Å². The third kappa shape index (κ3) is 4.75. The van der Waals surface area contributed by atoms with Gasteiger partial charge >= 0.3 is 0 Å². The number of amidine groups is 1. The van der Waals surface area contributed by atoms with Gasteiger partial charge in [-0.05, 0) is 47.3 Å². The molecular formula is C26H22N8OS. The van der Waals surface area contributed by atoms with Crippen molar-refractivity contribution in [1.82, 2.24) is 20.6 Å². The topological polar surface area (TPSA) is 128 Å². The average molecular weight is 495 g/mol. The summed E-state index contributed by atoms with van der Waals surface area (Å²) in [4.78, 5) is 21.7. The molecule has 1 amide bonds. The second-order valence-corrected chi connectivity index (χ2v) is 8.82. The highest BCUT2D eigenvalue weighted by atomic mass is 32.1. The molecule has 0 spiro atoms. The Kier molecular flexibility index (Phi) is 6.59. The Morgan fingerprint density at radius 2 is 1.97 bits per heavy atom. The first-order chi connectivity index (χ1) is 17.7. The van der Waals surface area contributed by atoms with Gasteiger partial charge in [-0.2, -0.15) is 5.53 Å². The molecule has 3 heterocycles. The second-order valence-electron chi connectivity index (χ2n) is 7.90. The third-order valence-corrected chi connectivity index (χ3v) is 6.57. The quantitative estimate of drug-likeness (QED) is 0.104. The van der Waals surface area contributed by atoms with Crippen LogP contribution in [0.1, 0.15) is 21.5 Å². The number of fused-ring (bicyclic) bond motifs is 3. The molecule has 36 heavy (non-hydrogen) atoms. The number of amides is 1. The highest BCUT2D eigenvalue weighted by Crippen LogP contribution is 2.35. The number of aromatic nitrogens is 2. The van der Waals surface area contributed by atoms with E-state index in [1.54, 1.807) is 42.9 Å². The number of nitrogens with one attached hydrogen (secondary N) is 4. The maximum atomic E-state index is 12.7. The molecule has 9 nitrogen and oxygen atoms in total. The molecule has 5 aromatic rings. The fourth-order valence-electron chi connectivity index (χ4n) is 3.91. The normalized spacial score (nSPS) is 11.4. The van der Waals surface area contributed by atoms with Crippen molar-refractivity contribution < 1.29 is 4.79 Å². The molecule has 0 fully saturated rings. The Morgan fingerprint density at radius 3 is 2.78 bits per heavy atom. The summed E-state index contributed by atoms with van der Waals surface area (Å²) in [6.07, 6.45) is 3.43. The van der Waals surface area contributed by atoms with Crippen LogP contribution in [-0.2, 0) is 6.54 Å². The molecule has 0 saturated carbocycles. The average Bonchev–Trinajstić information content (AvgIpc) is 3.42. The van der Waals surface area contributed by atoms with E-state index in [1.165, 1.54) is 0 Å². The van der Waals surface area contributed by atoms with Crippen molar-refractivity contribution in [3.63, 3.8) is 0 Å². The van der Waals surface area contributed by atoms with Gasteiger partial charge in [0, 0.05) is 58.3 Å². The number of nitrogens with zero attached hydrogens (tertiary/aromatic N) is 4. The molecular weight excluding hydrogens is 472 g/mol. The van der Waals surface area contributed by atoms with E-state index < -0.39 is 0 Å². The molecule has 0 unspecified atom stereocenters. The molecule has 2 aromatic carbocycles. The Bertz CT molecular complexity index is 1600. The molecule has 0 atom stereocenters. The maximum Gasteiger partial charge on any atom is 0.251 e. The van der Waals surface area contributed by atoms with E-state index in [0.29, 0.717) is 23.8 Å². The number of benzene rings is 2. The van der Waals surface area contributed by atoms with Crippen LogP contribution >= 0.6 is 11.3 Å². The number of hydrogen-bond donors (Lipinski definition) is 4. The molecule has 178 valence electrons. The zero-order chi connectivity index (χ0) is 24.9. The minimum absolute atomic E-state index is 0.169. The highest BCUT2D eigenvalue weighted by molar-refractivity contribution is 7.18. The van der Waals surface area contributed by atoms with Crippen LogP contribution in [-0.4, -0.2) is 28.8 Å². The summed E-state index contributed by atoms with van der Waals surface area (Å²) >= 11 is 1.64. The van der Waals surface area contributed by atoms with Gasteiger partial charge < -0.3 is 16.0 Å². The molecule has 0 radical (unpaired) electrons. The summed E-state index contributed by atoms with van der Waals surface area (Å²) in [6, 6.07) is 19.0. The van der Waals surface area contributed by atoms with Gasteiger partial charge in [0.2, 0.25) is 0 Å². The van der Waals surface area contributed by atoms with Crippen LogP contribution in [0.3, 0.4) is 0 Å². The summed E-state index contributed by atoms with van der Waals surface area (Å²) < 4.78 is 1.10. The zero-order valence-corrected chi connectivity index (χ0v) is 20.1. The van der Waals surface area contributed by atoms with Crippen molar-refractivity contribution in [2.24, 2.45) is 10.3 Å². The smallest absolute Gasteiger partial charge is 0.251 e. The second kappa shape index (κ2) is 10.3. The van der Waals surface area contributed by atoms with Gasteiger partial charge in [-0.15, -0.1) is 16.4 Å². The Balaban J connectivity index is 1.45. The first-order valence-corrected chi connectivity index (χ1v) is 12.0. The van der Waals surface area contributed by atoms with Crippen molar-refractivity contribution in [3.05, 3.63) is 95.1 Å². The lowest BCUT2D eigenvalue weighted by Gasteiger charge is -2.12. The van der Waals surface area contributed by atoms with Crippen molar-refractivity contribution in [3.8, 4) is 0 Å². The predicted octanol–water partition coefficient (Wildman–Crippen LogP) is 5.43. The van der Waals surface area contributed by atoms with Crippen LogP contribution in [0.2, 0.25) is 0 Å². The molecule has 10 heteroatoms. The first kappa shape index (κ1) is 23.1. The molecule has 0 saturated heterocycles. The van der Waals surface area contributed by atoms with Crippen LogP contribution in [0, 0.1) is 5.53 Å². The van der Waals surface area contributed by atoms with E-state index in [4.69, 9.17) is 10.5 Å². The Hall–Kier alpha value is -4.70. The van der Waals surface area contributed by atoms with E-state index in [-0.39, 0.29) is 5.91 Å². The fourth-order valence-corrected chi connectivity index (χ4v) is 4.84. The lowest BCUT2D eigenvalue weighted by molar-refractivity contribution is 0.0951. The van der Waals surface area contributed by atoms with Gasteiger partial charge in [-0.1, -0.05) is 29.5 Å². The molecule has 4 N–H and O–H groups in total. The standard InChI is InChI=1S/C26H22N8OS/c1-28-24(33-34-27)17-7-8-20-22(13-17)32-25(21-9-11-36-23(20)21)31-19-6-2-5-18(12-19)26(35)30-15-16-4-3-10-29-14-16/h2-14H,15H2,1H3,(H,30,35)(H,31,32)(H2,27,28,33). The number of hydrogen-bond acceptors (Lipinski definition) is 7. The highest BCUT2D eigenvalue weighted by Gasteiger charge is 2.13. The molecule has 0 aliphatic heterocycles. The van der Waals surface area contributed by atoms with Gasteiger partial charge in [0.05, 0.1) is 5.52 Å². The number of carbonyl (C=O) groups is 1. The third-order valence-electron chi connectivity index (χ3n) is 5.62. The van der Waals surface area contributed by atoms with Gasteiger partial charge in [-0.3, -0.25) is 9.78 Å². The fraction of sp³-hybridized carbons (Fsp3) is 0.0769. The monoisotopic (exact) mass is 494 g/mol. The molecule has 0 bridgehead atoms. The lowest BCUT2D eigenvalue weighted by Crippen LogP contribution is -2.22. The predicted molar refractivity (Wildman–Crippen MR) is 143 cm³/mol. The summed E-state index contributed by atoms with van der Waals surface area (Å²) in [5.41, 5.74) is 10.8. The number of pyridine rings is 2. The summed E-state index contributed by atoms with van der Waals surface area (Å²) in [6.45, 7) is 0.403. The summed E-state index contributed by atoms with van der Waals surface area (Å²) in [7, 11) is 1.73. The van der Waals surface area contributed by atoms with E-state index >= 15 is 0 Å². The van der Waals surface area contributed by atoms with E-state index in [0.717, 1.165) is 37.8 Å². The van der Waals surface area contributed by atoms with Crippen LogP contribution in [0.15, 0.2) is 88.8 Å². The van der Waals surface area contributed by atoms with E-state index in [2.05, 4.69) is 31.3 Å². The number of thiophene rings is 1. The molecule has 0 aliphatic rings. The van der Waals surface area contributed by atoms with Crippen LogP contribution in [0.5, 0.6) is 0 Å². The molecule has 3 aromatic heterocycles. The van der Waals surface area contributed by atoms with E-state index in [9.17, 15) is 4.79 Å². The number of rotatable bonds is 7. The number of carbonyl (C=O) groups excluding carboxylic acids is 1.